The first-order chi connectivity index (χ1) is 10.2. The van der Waals surface area contributed by atoms with Gasteiger partial charge in [0.1, 0.15) is 6.04 Å². The van der Waals surface area contributed by atoms with Gasteiger partial charge in [0.25, 0.3) is 0 Å². The normalized spacial score (nSPS) is 16.2. The number of carbonyl (C=O) groups excluding carboxylic acids is 1. The zero-order valence-corrected chi connectivity index (χ0v) is 12.8. The Morgan fingerprint density at radius 3 is 2.86 bits per heavy atom. The Morgan fingerprint density at radius 1 is 1.38 bits per heavy atom. The van der Waals surface area contributed by atoms with E-state index in [2.05, 4.69) is 35.3 Å². The maximum absolute atomic E-state index is 12.1. The molecule has 1 aromatic rings. The fourth-order valence-corrected chi connectivity index (χ4v) is 2.62. The summed E-state index contributed by atoms with van der Waals surface area (Å²) in [6.07, 6.45) is 7.47. The van der Waals surface area contributed by atoms with E-state index in [1.165, 1.54) is 0 Å². The van der Waals surface area contributed by atoms with Gasteiger partial charge in [-0.1, -0.05) is 25.8 Å². The lowest BCUT2D eigenvalue weighted by molar-refractivity contribution is -0.117. The van der Waals surface area contributed by atoms with E-state index in [4.69, 9.17) is 6.42 Å². The number of nitrogens with one attached hydrogen (secondary N) is 2. The summed E-state index contributed by atoms with van der Waals surface area (Å²) in [4.78, 5) is 14.2. The first-order valence-corrected chi connectivity index (χ1v) is 7.57. The summed E-state index contributed by atoms with van der Waals surface area (Å²) in [6.45, 7) is 6.54. The topological polar surface area (TPSA) is 44.4 Å². The molecule has 0 bridgehead atoms. The van der Waals surface area contributed by atoms with Crippen molar-refractivity contribution in [2.24, 2.45) is 0 Å². The van der Waals surface area contributed by atoms with Crippen LogP contribution in [-0.2, 0) is 4.79 Å². The van der Waals surface area contributed by atoms with Crippen LogP contribution in [0.4, 0.5) is 11.4 Å². The minimum atomic E-state index is -0.235. The Kier molecular flexibility index (Phi) is 5.24. The number of benzene rings is 1. The van der Waals surface area contributed by atoms with Crippen LogP contribution in [0, 0.1) is 12.3 Å². The summed E-state index contributed by atoms with van der Waals surface area (Å²) in [5.74, 6) is 2.71. The van der Waals surface area contributed by atoms with E-state index in [1.807, 2.05) is 18.2 Å². The molecular weight excluding hydrogens is 262 g/mol. The fourth-order valence-electron chi connectivity index (χ4n) is 2.62. The molecule has 0 saturated heterocycles. The molecule has 0 aromatic heterocycles. The van der Waals surface area contributed by atoms with Crippen LogP contribution in [0.25, 0.3) is 0 Å². The molecule has 1 atom stereocenters. The molecule has 1 aliphatic rings. The van der Waals surface area contributed by atoms with E-state index in [1.54, 1.807) is 0 Å². The number of carbonyl (C=O) groups is 1. The Balaban J connectivity index is 2.22. The molecule has 0 saturated carbocycles. The van der Waals surface area contributed by atoms with Crippen LogP contribution in [0.5, 0.6) is 0 Å². The lowest BCUT2D eigenvalue weighted by Gasteiger charge is -2.22. The summed E-state index contributed by atoms with van der Waals surface area (Å²) in [5, 5.41) is 6.23. The number of terminal acetylenes is 1. The Morgan fingerprint density at radius 2 is 2.19 bits per heavy atom. The van der Waals surface area contributed by atoms with Crippen molar-refractivity contribution in [1.82, 2.24) is 5.32 Å². The Hall–Kier alpha value is -1.99. The Bertz CT molecular complexity index is 547. The van der Waals surface area contributed by atoms with Crippen molar-refractivity contribution in [3.8, 4) is 12.3 Å². The first kappa shape index (κ1) is 15.4. The van der Waals surface area contributed by atoms with E-state index in [0.29, 0.717) is 6.54 Å². The summed E-state index contributed by atoms with van der Waals surface area (Å²) in [6, 6.07) is 5.86. The number of fused-ring (bicyclic) bond motifs is 1. The fraction of sp³-hybridized carbons (Fsp3) is 0.471. The molecule has 1 heterocycles. The number of hydrogen-bond donors (Lipinski definition) is 2. The highest BCUT2D eigenvalue weighted by Crippen LogP contribution is 2.34. The number of rotatable bonds is 7. The second kappa shape index (κ2) is 7.14. The average molecular weight is 285 g/mol. The highest BCUT2D eigenvalue weighted by molar-refractivity contribution is 6.03. The van der Waals surface area contributed by atoms with Crippen molar-refractivity contribution in [1.29, 1.82) is 0 Å². The van der Waals surface area contributed by atoms with Crippen molar-refractivity contribution in [3.63, 3.8) is 0 Å². The van der Waals surface area contributed by atoms with Gasteiger partial charge in [0, 0.05) is 23.5 Å². The van der Waals surface area contributed by atoms with Crippen molar-refractivity contribution < 1.29 is 4.79 Å². The van der Waals surface area contributed by atoms with E-state index in [-0.39, 0.29) is 11.9 Å². The van der Waals surface area contributed by atoms with Gasteiger partial charge >= 0.3 is 0 Å². The molecule has 1 aliphatic heterocycles. The summed E-state index contributed by atoms with van der Waals surface area (Å²) in [5.41, 5.74) is 2.98. The maximum atomic E-state index is 12.1. The molecule has 0 spiro atoms. The SMILES string of the molecule is C#CCN(CCC)c1ccc2c(c1)NC(=O)C2NCCC. The molecule has 0 aliphatic carbocycles. The van der Waals surface area contributed by atoms with Crippen LogP contribution in [-0.4, -0.2) is 25.5 Å². The third kappa shape index (κ3) is 3.37. The zero-order chi connectivity index (χ0) is 15.2. The van der Waals surface area contributed by atoms with E-state index in [9.17, 15) is 4.79 Å². The molecule has 4 nitrogen and oxygen atoms in total. The summed E-state index contributed by atoms with van der Waals surface area (Å²) in [7, 11) is 0. The second-order valence-corrected chi connectivity index (χ2v) is 5.27. The smallest absolute Gasteiger partial charge is 0.246 e. The number of amides is 1. The van der Waals surface area contributed by atoms with Gasteiger partial charge < -0.3 is 15.5 Å². The van der Waals surface area contributed by atoms with Crippen LogP contribution < -0.4 is 15.5 Å². The third-order valence-corrected chi connectivity index (χ3v) is 3.61. The van der Waals surface area contributed by atoms with Crippen molar-refractivity contribution in [2.75, 3.05) is 29.9 Å². The molecule has 1 aromatic carbocycles. The Labute approximate surface area is 126 Å². The molecule has 2 rings (SSSR count). The van der Waals surface area contributed by atoms with Gasteiger partial charge in [-0.15, -0.1) is 6.42 Å². The van der Waals surface area contributed by atoms with Crippen LogP contribution in [0.1, 0.15) is 38.3 Å². The number of hydrogen-bond acceptors (Lipinski definition) is 3. The quantitative estimate of drug-likeness (QED) is 0.757. The minimum Gasteiger partial charge on any atom is -0.360 e. The lowest BCUT2D eigenvalue weighted by Crippen LogP contribution is -2.28. The molecule has 4 heteroatoms. The zero-order valence-electron chi connectivity index (χ0n) is 12.8. The van der Waals surface area contributed by atoms with Crippen LogP contribution >= 0.6 is 0 Å². The largest absolute Gasteiger partial charge is 0.360 e. The molecule has 2 N–H and O–H groups in total. The summed E-state index contributed by atoms with van der Waals surface area (Å²) >= 11 is 0. The molecule has 21 heavy (non-hydrogen) atoms. The van der Waals surface area contributed by atoms with Gasteiger partial charge in [-0.05, 0) is 31.5 Å². The van der Waals surface area contributed by atoms with Crippen LogP contribution in [0.3, 0.4) is 0 Å². The highest BCUT2D eigenvalue weighted by Gasteiger charge is 2.30. The van der Waals surface area contributed by atoms with Gasteiger partial charge in [0.05, 0.1) is 6.54 Å². The van der Waals surface area contributed by atoms with Crippen molar-refractivity contribution in [2.45, 2.75) is 32.7 Å². The van der Waals surface area contributed by atoms with Gasteiger partial charge in [-0.3, -0.25) is 4.79 Å². The minimum absolute atomic E-state index is 0.0228. The number of anilines is 2. The standard InChI is InChI=1S/C17H23N3O/c1-4-9-18-16-14-8-7-13(12-15(14)19-17(16)21)20(10-5-2)11-6-3/h2,7-8,12,16,18H,4,6,9-11H2,1,3H3,(H,19,21). The second-order valence-electron chi connectivity index (χ2n) is 5.27. The highest BCUT2D eigenvalue weighted by atomic mass is 16.2. The van der Waals surface area contributed by atoms with Crippen LogP contribution in [0.15, 0.2) is 18.2 Å². The summed E-state index contributed by atoms with van der Waals surface area (Å²) < 4.78 is 0. The average Bonchev–Trinajstić information content (AvgIpc) is 2.79. The third-order valence-electron chi connectivity index (χ3n) is 3.61. The van der Waals surface area contributed by atoms with Gasteiger partial charge in [-0.2, -0.15) is 0 Å². The van der Waals surface area contributed by atoms with Gasteiger partial charge in [-0.25, -0.2) is 0 Å². The maximum Gasteiger partial charge on any atom is 0.246 e. The lowest BCUT2D eigenvalue weighted by atomic mass is 10.1. The molecule has 112 valence electrons. The van der Waals surface area contributed by atoms with Crippen molar-refractivity contribution >= 4 is 17.3 Å². The van der Waals surface area contributed by atoms with E-state index < -0.39 is 0 Å². The molecule has 1 unspecified atom stereocenters. The monoisotopic (exact) mass is 285 g/mol. The molecule has 0 radical (unpaired) electrons. The van der Waals surface area contributed by atoms with E-state index in [0.717, 1.165) is 42.9 Å². The molecular formula is C17H23N3O. The molecule has 0 fully saturated rings. The first-order valence-electron chi connectivity index (χ1n) is 7.57. The van der Waals surface area contributed by atoms with Crippen LogP contribution in [0.2, 0.25) is 0 Å². The predicted molar refractivity (Wildman–Crippen MR) is 87.4 cm³/mol. The van der Waals surface area contributed by atoms with Gasteiger partial charge in [0.15, 0.2) is 0 Å². The van der Waals surface area contributed by atoms with E-state index >= 15 is 0 Å². The van der Waals surface area contributed by atoms with Crippen molar-refractivity contribution in [3.05, 3.63) is 23.8 Å². The predicted octanol–water partition coefficient (Wildman–Crippen LogP) is 2.53. The number of nitrogens with zero attached hydrogens (tertiary/aromatic N) is 1. The molecule has 1 amide bonds. The van der Waals surface area contributed by atoms with Gasteiger partial charge in [0.2, 0.25) is 5.91 Å².